The molecule has 0 aliphatic heterocycles. The Labute approximate surface area is 369 Å². The van der Waals surface area contributed by atoms with E-state index in [4.69, 9.17) is 9.97 Å². The van der Waals surface area contributed by atoms with E-state index in [1.807, 2.05) is 0 Å². The van der Waals surface area contributed by atoms with Gasteiger partial charge in [-0.15, -0.1) is 0 Å². The summed E-state index contributed by atoms with van der Waals surface area (Å²) in [7, 11) is 0. The summed E-state index contributed by atoms with van der Waals surface area (Å²) in [5, 5.41) is 8.08. The molecule has 3 heterocycles. The molecule has 0 saturated heterocycles. The van der Waals surface area contributed by atoms with Gasteiger partial charge in [0.1, 0.15) is 0 Å². The number of benzene rings is 10. The number of nitrogens with zero attached hydrogens (tertiary/aromatic N) is 4. The van der Waals surface area contributed by atoms with E-state index in [-0.39, 0.29) is 0 Å². The molecule has 0 atom stereocenters. The predicted molar refractivity (Wildman–Crippen MR) is 267 cm³/mol. The van der Waals surface area contributed by atoms with Crippen LogP contribution in [-0.2, 0) is 0 Å². The molecule has 298 valence electrons. The van der Waals surface area contributed by atoms with Gasteiger partial charge in [0.2, 0.25) is 5.95 Å². The molecular formula is C60H38N4. The standard InChI is InChI=1S/C60H38N4/c1-4-16-39(17-5-1)42-28-30-44(31-29-42)58-49-24-12-14-26-52(49)61-60(62-58)64-55-35-34-54-56(57(55)51-33-32-43-22-10-11-23-48(43)59(51)64)50-25-13-15-27-53(50)63(54)47-37-45(40-18-6-2-7-19-40)36-46(38-47)41-20-8-3-9-21-41/h1-38H. The molecule has 4 nitrogen and oxygen atoms in total. The molecule has 0 fully saturated rings. The van der Waals surface area contributed by atoms with Crippen LogP contribution in [0.4, 0.5) is 0 Å². The van der Waals surface area contributed by atoms with E-state index in [0.29, 0.717) is 5.95 Å². The van der Waals surface area contributed by atoms with Crippen LogP contribution in [0.5, 0.6) is 0 Å². The van der Waals surface area contributed by atoms with Crippen molar-refractivity contribution in [2.24, 2.45) is 0 Å². The summed E-state index contributed by atoms with van der Waals surface area (Å²) in [5.41, 5.74) is 15.5. The minimum atomic E-state index is 0.642. The first-order chi connectivity index (χ1) is 31.7. The molecule has 10 aromatic carbocycles. The number of hydrogen-bond donors (Lipinski definition) is 0. The zero-order valence-electron chi connectivity index (χ0n) is 34.7. The Bertz CT molecular complexity index is 3860. The normalized spacial score (nSPS) is 11.8. The molecule has 0 N–H and O–H groups in total. The third kappa shape index (κ3) is 5.70. The van der Waals surface area contributed by atoms with Crippen molar-refractivity contribution in [2.45, 2.75) is 0 Å². The van der Waals surface area contributed by atoms with Crippen molar-refractivity contribution in [1.82, 2.24) is 19.1 Å². The highest BCUT2D eigenvalue weighted by atomic mass is 15.2. The molecule has 0 saturated carbocycles. The lowest BCUT2D eigenvalue weighted by Gasteiger charge is -2.14. The number of aromatic nitrogens is 4. The summed E-state index contributed by atoms with van der Waals surface area (Å²) in [6.07, 6.45) is 0. The van der Waals surface area contributed by atoms with Gasteiger partial charge < -0.3 is 4.57 Å². The van der Waals surface area contributed by atoms with E-state index in [9.17, 15) is 0 Å². The average Bonchev–Trinajstić information content (AvgIpc) is 3.90. The Morgan fingerprint density at radius 1 is 0.297 bits per heavy atom. The molecule has 13 rings (SSSR count). The lowest BCUT2D eigenvalue weighted by atomic mass is 9.98. The van der Waals surface area contributed by atoms with Crippen molar-refractivity contribution >= 4 is 65.3 Å². The van der Waals surface area contributed by atoms with E-state index < -0.39 is 0 Å². The molecule has 0 spiro atoms. The zero-order chi connectivity index (χ0) is 42.1. The van der Waals surface area contributed by atoms with Gasteiger partial charge in [-0.25, -0.2) is 9.97 Å². The number of para-hydroxylation sites is 2. The van der Waals surface area contributed by atoms with Crippen LogP contribution in [0.2, 0.25) is 0 Å². The SMILES string of the molecule is c1ccc(-c2ccc(-c3nc(-n4c5ccc6c(c7ccccc7n6-c6cc(-c7ccccc7)cc(-c7ccccc7)c6)c5c5ccc6ccccc6c54)nc4ccccc34)cc2)cc1. The van der Waals surface area contributed by atoms with Crippen molar-refractivity contribution in [3.63, 3.8) is 0 Å². The Balaban J connectivity index is 1.11. The van der Waals surface area contributed by atoms with Crippen LogP contribution in [0.25, 0.3) is 122 Å². The second-order valence-corrected chi connectivity index (χ2v) is 16.6. The van der Waals surface area contributed by atoms with Crippen molar-refractivity contribution in [3.05, 3.63) is 231 Å². The van der Waals surface area contributed by atoms with Crippen LogP contribution in [0.3, 0.4) is 0 Å². The van der Waals surface area contributed by atoms with E-state index in [1.165, 1.54) is 54.9 Å². The first-order valence-corrected chi connectivity index (χ1v) is 21.8. The third-order valence-corrected chi connectivity index (χ3v) is 12.9. The van der Waals surface area contributed by atoms with Crippen LogP contribution in [0, 0.1) is 0 Å². The summed E-state index contributed by atoms with van der Waals surface area (Å²) in [4.78, 5) is 10.9. The second-order valence-electron chi connectivity index (χ2n) is 16.6. The van der Waals surface area contributed by atoms with E-state index in [1.54, 1.807) is 0 Å². The van der Waals surface area contributed by atoms with E-state index in [0.717, 1.165) is 60.7 Å². The fourth-order valence-electron chi connectivity index (χ4n) is 9.98. The quantitative estimate of drug-likeness (QED) is 0.168. The molecule has 0 unspecified atom stereocenters. The average molecular weight is 815 g/mol. The summed E-state index contributed by atoms with van der Waals surface area (Å²) in [5.74, 6) is 0.642. The van der Waals surface area contributed by atoms with E-state index >= 15 is 0 Å². The van der Waals surface area contributed by atoms with Crippen molar-refractivity contribution in [1.29, 1.82) is 0 Å². The Kier molecular flexibility index (Phi) is 8.18. The molecule has 3 aromatic heterocycles. The number of hydrogen-bond acceptors (Lipinski definition) is 2. The molecule has 0 amide bonds. The molecule has 13 aromatic rings. The maximum Gasteiger partial charge on any atom is 0.235 e. The second kappa shape index (κ2) is 14.5. The van der Waals surface area contributed by atoms with Gasteiger partial charge in [0.05, 0.1) is 33.3 Å². The molecule has 0 aliphatic carbocycles. The van der Waals surface area contributed by atoms with Gasteiger partial charge in [0.15, 0.2) is 0 Å². The van der Waals surface area contributed by atoms with Gasteiger partial charge in [0, 0.05) is 43.6 Å². The highest BCUT2D eigenvalue weighted by Crippen LogP contribution is 2.45. The molecule has 0 radical (unpaired) electrons. The zero-order valence-corrected chi connectivity index (χ0v) is 34.7. The summed E-state index contributed by atoms with van der Waals surface area (Å²) >= 11 is 0. The molecule has 4 heteroatoms. The highest BCUT2D eigenvalue weighted by molar-refractivity contribution is 6.31. The highest BCUT2D eigenvalue weighted by Gasteiger charge is 2.24. The van der Waals surface area contributed by atoms with Crippen LogP contribution in [0.1, 0.15) is 0 Å². The van der Waals surface area contributed by atoms with Crippen LogP contribution >= 0.6 is 0 Å². The van der Waals surface area contributed by atoms with Crippen LogP contribution < -0.4 is 0 Å². The third-order valence-electron chi connectivity index (χ3n) is 12.9. The van der Waals surface area contributed by atoms with Crippen molar-refractivity contribution in [3.8, 4) is 56.3 Å². The Morgan fingerprint density at radius 2 is 0.812 bits per heavy atom. The predicted octanol–water partition coefficient (Wildman–Crippen LogP) is 15.6. The molecule has 0 bridgehead atoms. The van der Waals surface area contributed by atoms with Gasteiger partial charge in [-0.3, -0.25) is 4.57 Å². The Hall–Kier alpha value is -8.60. The van der Waals surface area contributed by atoms with Gasteiger partial charge in [0.25, 0.3) is 0 Å². The largest absolute Gasteiger partial charge is 0.309 e. The molecule has 0 aliphatic rings. The minimum absolute atomic E-state index is 0.642. The summed E-state index contributed by atoms with van der Waals surface area (Å²) in [6.45, 7) is 0. The van der Waals surface area contributed by atoms with Crippen LogP contribution in [0.15, 0.2) is 231 Å². The van der Waals surface area contributed by atoms with Gasteiger partial charge in [-0.05, 0) is 81.2 Å². The molecule has 64 heavy (non-hydrogen) atoms. The maximum absolute atomic E-state index is 5.54. The van der Waals surface area contributed by atoms with Gasteiger partial charge >= 0.3 is 0 Å². The topological polar surface area (TPSA) is 35.6 Å². The van der Waals surface area contributed by atoms with E-state index in [2.05, 4.69) is 240 Å². The Morgan fingerprint density at radius 3 is 1.50 bits per heavy atom. The minimum Gasteiger partial charge on any atom is -0.309 e. The van der Waals surface area contributed by atoms with Crippen molar-refractivity contribution in [2.75, 3.05) is 0 Å². The number of rotatable bonds is 6. The summed E-state index contributed by atoms with van der Waals surface area (Å²) < 4.78 is 4.77. The maximum atomic E-state index is 5.54. The first kappa shape index (κ1) is 36.1. The number of fused-ring (bicyclic) bond motifs is 10. The van der Waals surface area contributed by atoms with Gasteiger partial charge in [-0.2, -0.15) is 0 Å². The fourth-order valence-corrected chi connectivity index (χ4v) is 9.98. The molecular weight excluding hydrogens is 777 g/mol. The van der Waals surface area contributed by atoms with Crippen molar-refractivity contribution < 1.29 is 0 Å². The fraction of sp³-hybridized carbons (Fsp3) is 0. The monoisotopic (exact) mass is 814 g/mol. The van der Waals surface area contributed by atoms with Gasteiger partial charge in [-0.1, -0.05) is 188 Å². The summed E-state index contributed by atoms with van der Waals surface area (Å²) in [6, 6.07) is 82.8. The lowest BCUT2D eigenvalue weighted by Crippen LogP contribution is -2.04. The van der Waals surface area contributed by atoms with Crippen LogP contribution in [-0.4, -0.2) is 19.1 Å². The smallest absolute Gasteiger partial charge is 0.235 e. The lowest BCUT2D eigenvalue weighted by molar-refractivity contribution is 1.02. The first-order valence-electron chi connectivity index (χ1n) is 21.8.